The number of carboxylic acid groups (broad SMARTS) is 1. The molecule has 0 aliphatic carbocycles. The van der Waals surface area contributed by atoms with Crippen LogP contribution in [-0.2, 0) is 4.79 Å². The fourth-order valence-electron chi connectivity index (χ4n) is 0. The Hall–Kier alpha value is -0.0775. The molecule has 7 heavy (non-hydrogen) atoms. The fourth-order valence-corrected chi connectivity index (χ4v) is 0. The number of aliphatic carboxylic acids is 1. The molecule has 0 saturated carbocycles. The first-order chi connectivity index (χ1) is 2.64. The van der Waals surface area contributed by atoms with Crippen LogP contribution in [0.25, 0.3) is 0 Å². The molecule has 0 heterocycles. The zero-order valence-electron chi connectivity index (χ0n) is 3.72. The van der Waals surface area contributed by atoms with Crippen molar-refractivity contribution in [2.45, 2.75) is 4.90 Å². The number of carbonyl (C=O) groups is 1. The van der Waals surface area contributed by atoms with Crippen LogP contribution in [0.4, 0.5) is 0 Å². The van der Waals surface area contributed by atoms with E-state index >= 15 is 0 Å². The predicted octanol–water partition coefficient (Wildman–Crippen LogP) is -2.57. The van der Waals surface area contributed by atoms with Gasteiger partial charge in [0.15, 0.2) is 0 Å². The standard InChI is InChI=1S/C2H4NO2.Al.H2O.H/c3-1-2(4)5;;;/h1H,3H2,(H,4,5);;1H2;. The van der Waals surface area contributed by atoms with Crippen molar-refractivity contribution < 1.29 is 15.4 Å². The van der Waals surface area contributed by atoms with E-state index in [1.807, 2.05) is 0 Å². The third-order valence-corrected chi connectivity index (χ3v) is 0.666. The molecule has 0 rings (SSSR count). The van der Waals surface area contributed by atoms with E-state index in [1.165, 1.54) is 16.3 Å². The van der Waals surface area contributed by atoms with E-state index < -0.39 is 10.9 Å². The molecule has 5 N–H and O–H groups in total. The maximum atomic E-state index is 9.58. The first kappa shape index (κ1) is 10.0. The van der Waals surface area contributed by atoms with Gasteiger partial charge in [0.05, 0.1) is 0 Å². The van der Waals surface area contributed by atoms with Gasteiger partial charge < -0.3 is 16.3 Å². The summed E-state index contributed by atoms with van der Waals surface area (Å²) in [5.74, 6) is -0.951. The van der Waals surface area contributed by atoms with Gasteiger partial charge in [0.25, 0.3) is 0 Å². The van der Waals surface area contributed by atoms with Crippen LogP contribution in [0, 0.1) is 0 Å². The highest BCUT2D eigenvalue weighted by molar-refractivity contribution is 6.22. The maximum Gasteiger partial charge on any atom is 0.304 e. The lowest BCUT2D eigenvalue weighted by molar-refractivity contribution is -0.136. The van der Waals surface area contributed by atoms with Crippen LogP contribution in [0.2, 0.25) is 0 Å². The summed E-state index contributed by atoms with van der Waals surface area (Å²) < 4.78 is 0. The highest BCUT2D eigenvalue weighted by Crippen LogP contribution is 1.61. The van der Waals surface area contributed by atoms with Crippen molar-refractivity contribution in [1.82, 2.24) is 0 Å². The Morgan fingerprint density at radius 2 is 2.00 bits per heavy atom. The molecule has 0 aromatic carbocycles. The van der Waals surface area contributed by atoms with Crippen molar-refractivity contribution in [2.24, 2.45) is 5.73 Å². The van der Waals surface area contributed by atoms with Gasteiger partial charge in [-0.15, -0.1) is 0 Å². The quantitative estimate of drug-likeness (QED) is 0.372. The van der Waals surface area contributed by atoms with E-state index in [1.54, 1.807) is 0 Å². The molecule has 0 aliphatic heterocycles. The predicted molar refractivity (Wildman–Crippen MR) is 26.4 cm³/mol. The van der Waals surface area contributed by atoms with Gasteiger partial charge in [0.1, 0.15) is 0 Å². The number of hydrogen-bond acceptors (Lipinski definition) is 2. The van der Waals surface area contributed by atoms with Gasteiger partial charge in [0.2, 0.25) is 16.3 Å². The molecule has 1 unspecified atom stereocenters. The lowest BCUT2D eigenvalue weighted by Crippen LogP contribution is -2.29. The van der Waals surface area contributed by atoms with Crippen LogP contribution in [0.15, 0.2) is 0 Å². The van der Waals surface area contributed by atoms with Crippen molar-refractivity contribution in [3.8, 4) is 0 Å². The van der Waals surface area contributed by atoms with E-state index in [2.05, 4.69) is 0 Å². The highest BCUT2D eigenvalue weighted by atomic mass is 27.0. The Morgan fingerprint density at radius 1 is 1.86 bits per heavy atom. The minimum Gasteiger partial charge on any atom is -0.481 e. The van der Waals surface area contributed by atoms with Crippen LogP contribution in [0.5, 0.6) is 0 Å². The third-order valence-electron chi connectivity index (χ3n) is 0.317. The van der Waals surface area contributed by atoms with E-state index in [9.17, 15) is 4.79 Å². The molecule has 4 nitrogen and oxygen atoms in total. The first-order valence-electron chi connectivity index (χ1n) is 1.46. The van der Waals surface area contributed by atoms with Crippen molar-refractivity contribution in [1.29, 1.82) is 0 Å². The summed E-state index contributed by atoms with van der Waals surface area (Å²) in [5.41, 5.74) is 4.85. The van der Waals surface area contributed by atoms with E-state index in [0.717, 1.165) is 0 Å². The van der Waals surface area contributed by atoms with Crippen LogP contribution in [0.1, 0.15) is 0 Å². The monoisotopic (exact) mass is 120 g/mol. The Balaban J connectivity index is 0. The molecular weight excluding hydrogens is 113 g/mol. The summed E-state index contributed by atoms with van der Waals surface area (Å²) in [6.45, 7) is 0. The van der Waals surface area contributed by atoms with Gasteiger partial charge in [-0.2, -0.15) is 0 Å². The molecule has 1 atom stereocenters. The number of nitrogens with two attached hydrogens (primary N) is 1. The van der Waals surface area contributed by atoms with Crippen molar-refractivity contribution >= 4 is 22.3 Å². The SMILES string of the molecule is N[CH]([AlH])C(=O)O.O. The van der Waals surface area contributed by atoms with Gasteiger partial charge in [-0.25, -0.2) is 0 Å². The molecular formula is C2H7AlNO3. The Bertz CT molecular complexity index is 64.0. The minimum absolute atomic E-state index is 0. The van der Waals surface area contributed by atoms with Crippen LogP contribution < -0.4 is 5.73 Å². The molecule has 0 spiro atoms. The largest absolute Gasteiger partial charge is 0.481 e. The van der Waals surface area contributed by atoms with Crippen LogP contribution in [-0.4, -0.2) is 37.7 Å². The molecule has 5 heteroatoms. The topological polar surface area (TPSA) is 94.8 Å². The average molecular weight is 120 g/mol. The number of carboxylic acids is 1. The Morgan fingerprint density at radius 3 is 2.00 bits per heavy atom. The molecule has 0 saturated heterocycles. The van der Waals surface area contributed by atoms with E-state index in [0.29, 0.717) is 0 Å². The molecule has 41 valence electrons. The molecule has 0 aliphatic rings. The molecule has 0 fully saturated rings. The maximum absolute atomic E-state index is 9.58. The van der Waals surface area contributed by atoms with Gasteiger partial charge >= 0.3 is 5.97 Å². The zero-order valence-corrected chi connectivity index (χ0v) is 5.13. The normalized spacial score (nSPS) is 11.6. The second-order valence-corrected chi connectivity index (χ2v) is 1.82. The molecule has 0 aromatic rings. The van der Waals surface area contributed by atoms with Gasteiger partial charge in [-0.1, -0.05) is 0 Å². The smallest absolute Gasteiger partial charge is 0.304 e. The summed E-state index contributed by atoms with van der Waals surface area (Å²) in [4.78, 5) is 8.88. The zero-order chi connectivity index (χ0) is 5.15. The van der Waals surface area contributed by atoms with Gasteiger partial charge in [0, 0.05) is 4.90 Å². The summed E-state index contributed by atoms with van der Waals surface area (Å²) >= 11 is 1.24. The van der Waals surface area contributed by atoms with E-state index in [4.69, 9.17) is 10.8 Å². The second-order valence-electron chi connectivity index (χ2n) is 0.945. The van der Waals surface area contributed by atoms with Crippen molar-refractivity contribution in [3.05, 3.63) is 0 Å². The van der Waals surface area contributed by atoms with Gasteiger partial charge in [-0.3, -0.25) is 4.79 Å². The molecule has 0 aromatic heterocycles. The fraction of sp³-hybridized carbons (Fsp3) is 0.500. The summed E-state index contributed by atoms with van der Waals surface area (Å²) in [6.07, 6.45) is 0. The molecule has 0 bridgehead atoms. The third kappa shape index (κ3) is 5.92. The second kappa shape index (κ2) is 4.09. The van der Waals surface area contributed by atoms with E-state index in [-0.39, 0.29) is 5.48 Å². The van der Waals surface area contributed by atoms with Crippen LogP contribution in [0.3, 0.4) is 0 Å². The lowest BCUT2D eigenvalue weighted by Gasteiger charge is -1.90. The van der Waals surface area contributed by atoms with Crippen molar-refractivity contribution in [2.75, 3.05) is 0 Å². The average Bonchev–Trinajstić information content (AvgIpc) is 1.36. The molecule has 0 amide bonds. The Labute approximate surface area is 49.0 Å². The van der Waals surface area contributed by atoms with Crippen molar-refractivity contribution in [3.63, 3.8) is 0 Å². The Kier molecular flexibility index (Phi) is 5.86. The first-order valence-corrected chi connectivity index (χ1v) is 2.27. The summed E-state index contributed by atoms with van der Waals surface area (Å²) in [6, 6.07) is 0. The summed E-state index contributed by atoms with van der Waals surface area (Å²) in [5, 5.41) is 7.87. The van der Waals surface area contributed by atoms with Crippen LogP contribution >= 0.6 is 0 Å². The number of hydrogen-bond donors (Lipinski definition) is 2. The minimum atomic E-state index is -0.951. The van der Waals surface area contributed by atoms with Gasteiger partial charge in [-0.05, 0) is 0 Å². The molecule has 1 radical (unpaired) electrons. The highest BCUT2D eigenvalue weighted by Gasteiger charge is 1.99. The summed E-state index contributed by atoms with van der Waals surface area (Å²) in [7, 11) is 0. The lowest BCUT2D eigenvalue weighted by atomic mass is 10.7. The number of rotatable bonds is 1.